The van der Waals surface area contributed by atoms with Crippen molar-refractivity contribution in [3.8, 4) is 0 Å². The molecule has 0 aliphatic carbocycles. The van der Waals surface area contributed by atoms with E-state index in [0.29, 0.717) is 31.3 Å². The Morgan fingerprint density at radius 2 is 1.64 bits per heavy atom. The topological polar surface area (TPSA) is 83.4 Å². The third-order valence-electron chi connectivity index (χ3n) is 3.27. The van der Waals surface area contributed by atoms with Crippen molar-refractivity contribution in [1.29, 1.82) is 0 Å². The second-order valence-electron chi connectivity index (χ2n) is 4.89. The molecule has 25 heavy (non-hydrogen) atoms. The highest BCUT2D eigenvalue weighted by molar-refractivity contribution is 5.92. The van der Waals surface area contributed by atoms with Crippen molar-refractivity contribution in [2.75, 3.05) is 0 Å². The molecule has 2 heterocycles. The van der Waals surface area contributed by atoms with E-state index in [1.54, 1.807) is 24.5 Å². The van der Waals surface area contributed by atoms with Gasteiger partial charge >= 0.3 is 0 Å². The van der Waals surface area contributed by atoms with Crippen LogP contribution in [0.3, 0.4) is 0 Å². The Hall–Kier alpha value is -1.94. The maximum absolute atomic E-state index is 13.7. The summed E-state index contributed by atoms with van der Waals surface area (Å²) < 4.78 is 30.5. The summed E-state index contributed by atoms with van der Waals surface area (Å²) in [5, 5.41) is 11.0. The standard InChI is InChI=1S/C15H14F2N4O2.2BrH/c16-13-9-21(10-14(17)12(13)8-19-23)5-1-4-20-6-2-11(3-7-20)15(18)22;;/h2-3,6-10H,1,4-5H2,(H-,18,22);2*1H. The number of halogens is 4. The highest BCUT2D eigenvalue weighted by Crippen LogP contribution is 2.06. The monoisotopic (exact) mass is 480 g/mol. The average molecular weight is 482 g/mol. The molecule has 2 aromatic rings. The molecule has 6 nitrogen and oxygen atoms in total. The number of aromatic nitrogens is 2. The molecule has 0 fully saturated rings. The van der Waals surface area contributed by atoms with Gasteiger partial charge in [-0.15, -0.1) is 0 Å². The van der Waals surface area contributed by atoms with Crippen LogP contribution >= 0.6 is 0 Å². The summed E-state index contributed by atoms with van der Waals surface area (Å²) in [5.41, 5.74) is 5.18. The molecule has 2 aromatic heterocycles. The molecule has 2 rings (SSSR count). The van der Waals surface area contributed by atoms with E-state index < -0.39 is 17.5 Å². The second kappa shape index (κ2) is 10.8. The molecule has 136 valence electrons. The zero-order chi connectivity index (χ0) is 16.8. The van der Waals surface area contributed by atoms with Gasteiger partial charge in [-0.25, -0.2) is 4.57 Å². The van der Waals surface area contributed by atoms with Gasteiger partial charge in [-0.3, -0.25) is 4.79 Å². The van der Waals surface area contributed by atoms with E-state index in [-0.39, 0.29) is 39.5 Å². The Labute approximate surface area is 164 Å². The number of aryl methyl sites for hydroxylation is 2. The van der Waals surface area contributed by atoms with Gasteiger partial charge in [-0.2, -0.15) is 13.3 Å². The largest absolute Gasteiger partial charge is 1.00 e. The Bertz CT molecular complexity index is 720. The zero-order valence-corrected chi connectivity index (χ0v) is 16.1. The van der Waals surface area contributed by atoms with Gasteiger partial charge in [0.15, 0.2) is 37.1 Å². The molecule has 0 saturated carbocycles. The Kier molecular flexibility index (Phi) is 9.99. The highest BCUT2D eigenvalue weighted by atomic mass is 79.9. The van der Waals surface area contributed by atoms with E-state index in [2.05, 4.69) is 5.16 Å². The first-order chi connectivity index (χ1) is 11.0. The molecule has 0 aliphatic rings. The minimum absolute atomic E-state index is 0. The van der Waals surface area contributed by atoms with Gasteiger partial charge in [0.2, 0.25) is 18.3 Å². The summed E-state index contributed by atoms with van der Waals surface area (Å²) in [6.45, 7) is 1.00. The summed E-state index contributed by atoms with van der Waals surface area (Å²) in [4.78, 5) is 11.0. The molecule has 0 spiro atoms. The van der Waals surface area contributed by atoms with E-state index >= 15 is 0 Å². The second-order valence-corrected chi connectivity index (χ2v) is 4.89. The summed E-state index contributed by atoms with van der Waals surface area (Å²) in [5.74, 6) is -2.10. The van der Waals surface area contributed by atoms with Crippen LogP contribution in [0.1, 0.15) is 22.3 Å². The molecule has 0 unspecified atom stereocenters. The van der Waals surface area contributed by atoms with Gasteiger partial charge in [0.25, 0.3) is 0 Å². The maximum Gasteiger partial charge on any atom is 0.249 e. The van der Waals surface area contributed by atoms with E-state index in [1.165, 1.54) is 4.57 Å². The van der Waals surface area contributed by atoms with E-state index in [0.717, 1.165) is 12.4 Å². The predicted octanol–water partition coefficient (Wildman–Crippen LogP) is -5.45. The Morgan fingerprint density at radius 3 is 2.12 bits per heavy atom. The lowest BCUT2D eigenvalue weighted by molar-refractivity contribution is -0.728. The lowest BCUT2D eigenvalue weighted by Gasteiger charge is -2.00. The minimum Gasteiger partial charge on any atom is -1.00 e. The minimum atomic E-state index is -0.804. The summed E-state index contributed by atoms with van der Waals surface area (Å²) in [6, 6.07) is 3.22. The van der Waals surface area contributed by atoms with Crippen LogP contribution < -0.4 is 48.8 Å². The van der Waals surface area contributed by atoms with E-state index in [4.69, 9.17) is 10.9 Å². The number of pyridine rings is 2. The Morgan fingerprint density at radius 1 is 1.12 bits per heavy atom. The first kappa shape index (κ1) is 23.1. The fourth-order valence-corrected chi connectivity index (χ4v) is 2.10. The molecule has 0 aromatic carbocycles. The van der Waals surface area contributed by atoms with Crippen LogP contribution in [0, 0.1) is 11.6 Å². The number of primary amides is 1. The summed E-state index contributed by atoms with van der Waals surface area (Å²) in [6.07, 6.45) is 7.05. The van der Waals surface area contributed by atoms with Gasteiger partial charge < -0.3 is 44.9 Å². The lowest BCUT2D eigenvalue weighted by Crippen LogP contribution is -3.00. The van der Waals surface area contributed by atoms with Crippen molar-refractivity contribution in [1.82, 2.24) is 0 Å². The van der Waals surface area contributed by atoms with Crippen molar-refractivity contribution >= 4 is 12.1 Å². The van der Waals surface area contributed by atoms with Crippen LogP contribution in [0.15, 0.2) is 42.1 Å². The highest BCUT2D eigenvalue weighted by Gasteiger charge is 2.15. The smallest absolute Gasteiger partial charge is 0.249 e. The van der Waals surface area contributed by atoms with Crippen molar-refractivity contribution < 1.29 is 61.9 Å². The number of rotatable bonds is 6. The molecule has 0 aliphatic heterocycles. The van der Waals surface area contributed by atoms with Crippen LogP contribution in [0.5, 0.6) is 0 Å². The van der Waals surface area contributed by atoms with Crippen LogP contribution in [0.25, 0.3) is 0 Å². The molecule has 0 radical (unpaired) electrons. The molecule has 10 heteroatoms. The zero-order valence-electron chi connectivity index (χ0n) is 12.9. The van der Waals surface area contributed by atoms with E-state index in [9.17, 15) is 13.6 Å². The number of hydrogen-bond acceptors (Lipinski definition) is 3. The molecular formula is C15H16Br2F2N4O2. The lowest BCUT2D eigenvalue weighted by atomic mass is 10.2. The van der Waals surface area contributed by atoms with Crippen molar-refractivity contribution in [3.05, 3.63) is 59.7 Å². The first-order valence-electron chi connectivity index (χ1n) is 6.85. The number of nitrogens with zero attached hydrogens (tertiary/aromatic N) is 3. The van der Waals surface area contributed by atoms with Crippen LogP contribution in [-0.2, 0) is 13.1 Å². The SMILES string of the molecule is NC(=O)c1cc[n+](CCC[n+]2cc(F)c(C=NO)c(F)c2)cc1.[Br-].[Br-]. The van der Waals surface area contributed by atoms with Crippen LogP contribution in [-0.4, -0.2) is 17.3 Å². The molecule has 0 saturated heterocycles. The average Bonchev–Trinajstić information content (AvgIpc) is 2.51. The molecule has 0 atom stereocenters. The molecule has 3 N–H and O–H groups in total. The van der Waals surface area contributed by atoms with Crippen molar-refractivity contribution in [2.24, 2.45) is 10.9 Å². The van der Waals surface area contributed by atoms with Crippen LogP contribution in [0.2, 0.25) is 0 Å². The fourth-order valence-electron chi connectivity index (χ4n) is 2.10. The number of nitrogens with two attached hydrogens (primary N) is 1. The number of carbonyl (C=O) groups is 1. The van der Waals surface area contributed by atoms with Crippen molar-refractivity contribution in [3.63, 3.8) is 0 Å². The van der Waals surface area contributed by atoms with Crippen molar-refractivity contribution in [2.45, 2.75) is 19.5 Å². The van der Waals surface area contributed by atoms with E-state index in [1.807, 2.05) is 4.57 Å². The molecule has 1 amide bonds. The third kappa shape index (κ3) is 6.46. The summed E-state index contributed by atoms with van der Waals surface area (Å²) in [7, 11) is 0. The number of amides is 1. The third-order valence-corrected chi connectivity index (χ3v) is 3.27. The Balaban J connectivity index is 0.00000288. The first-order valence-corrected chi connectivity index (χ1v) is 6.85. The molecule has 0 bridgehead atoms. The van der Waals surface area contributed by atoms with Crippen LogP contribution in [0.4, 0.5) is 8.78 Å². The summed E-state index contributed by atoms with van der Waals surface area (Å²) >= 11 is 0. The molecular weight excluding hydrogens is 466 g/mol. The van der Waals surface area contributed by atoms with Gasteiger partial charge in [0, 0.05) is 12.1 Å². The maximum atomic E-state index is 13.7. The van der Waals surface area contributed by atoms with Gasteiger partial charge in [0.05, 0.1) is 23.8 Å². The predicted molar refractivity (Wildman–Crippen MR) is 75.7 cm³/mol. The quantitative estimate of drug-likeness (QED) is 0.187. The normalized spacial score (nSPS) is 10.2. The van der Waals surface area contributed by atoms with Gasteiger partial charge in [-0.1, -0.05) is 5.16 Å². The fraction of sp³-hybridized carbons (Fsp3) is 0.200. The number of hydrogen-bond donors (Lipinski definition) is 2. The van der Waals surface area contributed by atoms with Gasteiger partial charge in [0.1, 0.15) is 0 Å². The van der Waals surface area contributed by atoms with Gasteiger partial charge in [-0.05, 0) is 0 Å². The number of oxime groups is 1. The number of carbonyl (C=O) groups excluding carboxylic acids is 1.